The van der Waals surface area contributed by atoms with Crippen LogP contribution in [-0.2, 0) is 15.7 Å². The first-order valence-corrected chi connectivity index (χ1v) is 18.3. The Balaban J connectivity index is 0.000000180. The third-order valence-corrected chi connectivity index (χ3v) is 9.14. The molecule has 15 nitrogen and oxygen atoms in total. The molecule has 2 aromatic carbocycles. The van der Waals surface area contributed by atoms with Crippen LogP contribution in [-0.4, -0.2) is 87.8 Å². The van der Waals surface area contributed by atoms with E-state index in [9.17, 15) is 27.2 Å². The quantitative estimate of drug-likeness (QED) is 0.135. The number of pyridine rings is 2. The molecule has 2 aliphatic rings. The molecule has 4 N–H and O–H groups in total. The van der Waals surface area contributed by atoms with Gasteiger partial charge in [0.15, 0.2) is 17.5 Å². The molecule has 2 saturated heterocycles. The predicted octanol–water partition coefficient (Wildman–Crippen LogP) is 5.53. The molecule has 4 aromatic heterocycles. The van der Waals surface area contributed by atoms with E-state index >= 15 is 0 Å². The van der Waals surface area contributed by atoms with Crippen LogP contribution in [0.1, 0.15) is 49.6 Å². The summed E-state index contributed by atoms with van der Waals surface area (Å²) in [5, 5.41) is 20.2. The molecular formula is C40H38F4N10O5. The van der Waals surface area contributed by atoms with Gasteiger partial charge in [-0.15, -0.1) is 0 Å². The normalized spacial score (nSPS) is 16.7. The van der Waals surface area contributed by atoms with Gasteiger partial charge >= 0.3 is 6.18 Å². The first kappa shape index (κ1) is 40.6. The van der Waals surface area contributed by atoms with Crippen LogP contribution < -0.4 is 26.0 Å². The van der Waals surface area contributed by atoms with E-state index in [1.165, 1.54) is 23.3 Å². The van der Waals surface area contributed by atoms with Gasteiger partial charge in [0.1, 0.15) is 0 Å². The van der Waals surface area contributed by atoms with Crippen LogP contribution in [0, 0.1) is 5.82 Å². The highest BCUT2D eigenvalue weighted by atomic mass is 19.4. The number of benzene rings is 2. The highest BCUT2D eigenvalue weighted by molar-refractivity contribution is 6.04. The summed E-state index contributed by atoms with van der Waals surface area (Å²) in [7, 11) is 1.55. The first-order chi connectivity index (χ1) is 28.5. The average Bonchev–Trinajstić information content (AvgIpc) is 3.97. The fraction of sp³-hybridized carbons (Fsp3) is 0.250. The van der Waals surface area contributed by atoms with Gasteiger partial charge in [-0.05, 0) is 47.5 Å². The van der Waals surface area contributed by atoms with Gasteiger partial charge in [0.25, 0.3) is 11.8 Å². The predicted molar refractivity (Wildman–Crippen MR) is 206 cm³/mol. The molecular weight excluding hydrogens is 776 g/mol. The fourth-order valence-electron chi connectivity index (χ4n) is 6.05. The lowest BCUT2D eigenvalue weighted by Crippen LogP contribution is -2.33. The summed E-state index contributed by atoms with van der Waals surface area (Å²) in [5.41, 5.74) is 2.62. The Kier molecular flexibility index (Phi) is 12.7. The van der Waals surface area contributed by atoms with Crippen molar-refractivity contribution in [3.63, 3.8) is 0 Å². The number of rotatable bonds is 9. The number of methoxy groups -OCH3 is 1. The summed E-state index contributed by atoms with van der Waals surface area (Å²) in [6.45, 7) is 4.52. The van der Waals surface area contributed by atoms with Gasteiger partial charge in [-0.2, -0.15) is 28.4 Å². The highest BCUT2D eigenvalue weighted by Crippen LogP contribution is 2.30. The fourth-order valence-corrected chi connectivity index (χ4v) is 6.05. The standard InChI is InChI=1S/C20H17F4N5O2.C20H21N5O3/c21-16-7-14(20(22,23)24)9-26-18(16)29-11-13(8-27-29)19(30)28-15-3-1-12(2-4-15)17-10-25-5-6-31-17;1-27-19-4-2-3-18(24-19)25-13-15(11-22-25)20(26)23-16-7-5-14(6-8-16)17-12-21-9-10-28-17/h1-4,7-9,11,17,25H,5-6,10H2,(H,28,30);2-8,11,13,17,21H,9-10,12H2,1H3,(H,23,26)/t2*17-/m11/s1. The van der Waals surface area contributed by atoms with Crippen LogP contribution >= 0.6 is 0 Å². The Hall–Kier alpha value is -6.54. The minimum absolute atomic E-state index is 0.0482. The molecule has 0 radical (unpaired) electrons. The SMILES string of the molecule is COc1cccc(-n2cc(C(=O)Nc3ccc([C@H]4CNCCO4)cc3)cn2)n1.O=C(Nc1ccc([C@H]2CNCCO2)cc1)c1cnn(-c2ncc(C(F)(F)F)cc2F)c1. The molecule has 2 atom stereocenters. The number of nitrogens with zero attached hydrogens (tertiary/aromatic N) is 6. The van der Waals surface area contributed by atoms with Crippen LogP contribution in [0.2, 0.25) is 0 Å². The van der Waals surface area contributed by atoms with E-state index in [0.717, 1.165) is 35.4 Å². The van der Waals surface area contributed by atoms with Crippen LogP contribution in [0.4, 0.5) is 28.9 Å². The Labute approximate surface area is 334 Å². The minimum Gasteiger partial charge on any atom is -0.481 e. The maximum Gasteiger partial charge on any atom is 0.417 e. The molecule has 0 aliphatic carbocycles. The van der Waals surface area contributed by atoms with Crippen molar-refractivity contribution in [3.8, 4) is 17.5 Å². The number of alkyl halides is 3. The van der Waals surface area contributed by atoms with E-state index in [1.807, 2.05) is 42.5 Å². The van der Waals surface area contributed by atoms with Gasteiger partial charge in [0.05, 0.1) is 61.6 Å². The van der Waals surface area contributed by atoms with E-state index in [2.05, 4.69) is 41.4 Å². The molecule has 0 bridgehead atoms. The zero-order valence-electron chi connectivity index (χ0n) is 31.4. The lowest BCUT2D eigenvalue weighted by atomic mass is 10.1. The van der Waals surface area contributed by atoms with Crippen molar-refractivity contribution >= 4 is 23.2 Å². The molecule has 0 saturated carbocycles. The molecule has 2 aliphatic heterocycles. The number of morpholine rings is 2. The molecule has 8 rings (SSSR count). The summed E-state index contributed by atoms with van der Waals surface area (Å²) in [4.78, 5) is 32.8. The molecule has 2 fully saturated rings. The van der Waals surface area contributed by atoms with Crippen molar-refractivity contribution in [2.45, 2.75) is 18.4 Å². The summed E-state index contributed by atoms with van der Waals surface area (Å²) in [6.07, 6.45) is 1.28. The Morgan fingerprint density at radius 2 is 1.32 bits per heavy atom. The van der Waals surface area contributed by atoms with Crippen molar-refractivity contribution in [3.05, 3.63) is 137 Å². The smallest absolute Gasteiger partial charge is 0.417 e. The lowest BCUT2D eigenvalue weighted by molar-refractivity contribution is -0.138. The van der Waals surface area contributed by atoms with Crippen molar-refractivity contribution in [2.24, 2.45) is 0 Å². The van der Waals surface area contributed by atoms with Crippen molar-refractivity contribution in [1.29, 1.82) is 0 Å². The number of carbonyl (C=O) groups is 2. The number of amides is 2. The number of hydrogen-bond acceptors (Lipinski definition) is 11. The zero-order valence-corrected chi connectivity index (χ0v) is 31.4. The zero-order chi connectivity index (χ0) is 41.4. The maximum atomic E-state index is 14.1. The monoisotopic (exact) mass is 814 g/mol. The van der Waals surface area contributed by atoms with Crippen molar-refractivity contribution < 1.29 is 41.4 Å². The van der Waals surface area contributed by atoms with Gasteiger partial charge in [-0.25, -0.2) is 18.7 Å². The van der Waals surface area contributed by atoms with Gasteiger partial charge in [0.2, 0.25) is 5.88 Å². The Morgan fingerprint density at radius 3 is 1.81 bits per heavy atom. The summed E-state index contributed by atoms with van der Waals surface area (Å²) in [5.74, 6) is -1.35. The minimum atomic E-state index is -4.71. The van der Waals surface area contributed by atoms with Crippen LogP contribution in [0.3, 0.4) is 0 Å². The summed E-state index contributed by atoms with van der Waals surface area (Å²) in [6, 6.07) is 20.5. The topological polar surface area (TPSA) is 171 Å². The number of nitrogens with one attached hydrogen (secondary N) is 4. The third-order valence-electron chi connectivity index (χ3n) is 9.14. The maximum absolute atomic E-state index is 14.1. The number of carbonyl (C=O) groups excluding carboxylic acids is 2. The molecule has 6 heterocycles. The number of ether oxygens (including phenoxy) is 3. The van der Waals surface area contributed by atoms with Crippen molar-refractivity contribution in [1.82, 2.24) is 40.2 Å². The van der Waals surface area contributed by atoms with Crippen LogP contribution in [0.15, 0.2) is 104 Å². The molecule has 306 valence electrons. The van der Waals surface area contributed by atoms with E-state index in [4.69, 9.17) is 14.2 Å². The summed E-state index contributed by atoms with van der Waals surface area (Å²) >= 11 is 0. The number of anilines is 2. The van der Waals surface area contributed by atoms with Gasteiger partial charge in [0, 0.05) is 62.2 Å². The van der Waals surface area contributed by atoms with Crippen molar-refractivity contribution in [2.75, 3.05) is 57.1 Å². The molecule has 6 aromatic rings. The Bertz CT molecular complexity index is 2360. The lowest BCUT2D eigenvalue weighted by Gasteiger charge is -2.24. The molecule has 0 spiro atoms. The Morgan fingerprint density at radius 1 is 0.780 bits per heavy atom. The number of hydrogen-bond donors (Lipinski definition) is 4. The molecule has 59 heavy (non-hydrogen) atoms. The van der Waals surface area contributed by atoms with Gasteiger partial charge in [-0.1, -0.05) is 30.3 Å². The van der Waals surface area contributed by atoms with E-state index in [0.29, 0.717) is 60.7 Å². The molecule has 0 unspecified atom stereocenters. The van der Waals surface area contributed by atoms with Gasteiger partial charge in [-0.3, -0.25) is 9.59 Å². The number of halogens is 4. The number of aromatic nitrogens is 6. The van der Waals surface area contributed by atoms with E-state index in [1.54, 1.807) is 37.6 Å². The second-order valence-corrected chi connectivity index (χ2v) is 13.2. The van der Waals surface area contributed by atoms with Crippen LogP contribution in [0.5, 0.6) is 5.88 Å². The molecule has 2 amide bonds. The van der Waals surface area contributed by atoms with Crippen LogP contribution in [0.25, 0.3) is 11.6 Å². The average molecular weight is 815 g/mol. The van der Waals surface area contributed by atoms with E-state index in [-0.39, 0.29) is 23.7 Å². The summed E-state index contributed by atoms with van der Waals surface area (Å²) < 4.78 is 71.0. The van der Waals surface area contributed by atoms with E-state index < -0.39 is 29.3 Å². The highest BCUT2D eigenvalue weighted by Gasteiger charge is 2.32. The second-order valence-electron chi connectivity index (χ2n) is 13.2. The third kappa shape index (κ3) is 10.3. The first-order valence-electron chi connectivity index (χ1n) is 18.3. The van der Waals surface area contributed by atoms with Gasteiger partial charge < -0.3 is 35.5 Å². The second kappa shape index (κ2) is 18.4. The molecule has 19 heteroatoms. The largest absolute Gasteiger partial charge is 0.481 e.